The van der Waals surface area contributed by atoms with Gasteiger partial charge in [-0.25, -0.2) is 28.1 Å². The molecule has 0 saturated carbocycles. The molecule has 5 aromatic rings. The molecule has 0 amide bonds. The molecule has 0 aliphatic heterocycles. The summed E-state index contributed by atoms with van der Waals surface area (Å²) in [5.74, 6) is -1.70. The van der Waals surface area contributed by atoms with Crippen molar-refractivity contribution in [3.8, 4) is 16.8 Å². The van der Waals surface area contributed by atoms with E-state index in [0.717, 1.165) is 17.3 Å². The molecule has 0 saturated heterocycles. The van der Waals surface area contributed by atoms with Crippen LogP contribution in [0.3, 0.4) is 0 Å². The van der Waals surface area contributed by atoms with Gasteiger partial charge in [-0.2, -0.15) is 10.2 Å². The Morgan fingerprint density at radius 1 is 0.944 bits per heavy atom. The van der Waals surface area contributed by atoms with Crippen molar-refractivity contribution in [1.82, 2.24) is 34.1 Å². The van der Waals surface area contributed by atoms with Crippen molar-refractivity contribution < 1.29 is 13.9 Å². The van der Waals surface area contributed by atoms with Gasteiger partial charge >= 0.3 is 0 Å². The summed E-state index contributed by atoms with van der Waals surface area (Å²) in [6.45, 7) is 1.38. The maximum absolute atomic E-state index is 14.8. The second-order valence-electron chi connectivity index (χ2n) is 8.37. The zero-order chi connectivity index (χ0) is 25.3. The minimum atomic E-state index is -1.95. The quantitative estimate of drug-likeness (QED) is 0.377. The van der Waals surface area contributed by atoms with E-state index >= 15 is 0 Å². The van der Waals surface area contributed by atoms with Gasteiger partial charge in [0.15, 0.2) is 0 Å². The summed E-state index contributed by atoms with van der Waals surface area (Å²) in [4.78, 5) is 21.0. The summed E-state index contributed by atoms with van der Waals surface area (Å²) >= 11 is 0. The number of pyridine rings is 1. The summed E-state index contributed by atoms with van der Waals surface area (Å²) in [5, 5.41) is 19.8. The molecular weight excluding hydrogens is 468 g/mol. The lowest BCUT2D eigenvalue weighted by molar-refractivity contribution is -0.0341. The molecule has 0 radical (unpaired) electrons. The molecule has 0 unspecified atom stereocenters. The fourth-order valence-electron chi connectivity index (χ4n) is 4.21. The van der Waals surface area contributed by atoms with Gasteiger partial charge in [-0.3, -0.25) is 4.79 Å². The second-order valence-corrected chi connectivity index (χ2v) is 8.37. The molecule has 0 aliphatic rings. The van der Waals surface area contributed by atoms with Crippen molar-refractivity contribution in [2.45, 2.75) is 25.1 Å². The van der Waals surface area contributed by atoms with Gasteiger partial charge in [-0.15, -0.1) is 0 Å². The first-order valence-corrected chi connectivity index (χ1v) is 11.0. The Hall–Kier alpha value is -4.51. The second kappa shape index (κ2) is 9.27. The van der Waals surface area contributed by atoms with Crippen LogP contribution in [0.25, 0.3) is 16.8 Å². The molecule has 0 bridgehead atoms. The third-order valence-corrected chi connectivity index (χ3v) is 6.21. The number of nitrogens with zero attached hydrogens (tertiary/aromatic N) is 7. The summed E-state index contributed by atoms with van der Waals surface area (Å²) in [6, 6.07) is 12.6. The number of aromatic nitrogens is 7. The highest BCUT2D eigenvalue weighted by Crippen LogP contribution is 2.36. The fraction of sp³-hybridized carbons (Fsp3) is 0.160. The first-order valence-electron chi connectivity index (χ1n) is 11.0. The Morgan fingerprint density at radius 3 is 2.33 bits per heavy atom. The first-order chi connectivity index (χ1) is 17.3. The molecule has 5 rings (SSSR count). The molecule has 36 heavy (non-hydrogen) atoms. The molecule has 1 N–H and O–H groups in total. The normalized spacial score (nSPS) is 13.9. The van der Waals surface area contributed by atoms with Gasteiger partial charge in [0.2, 0.25) is 0 Å². The number of aliphatic hydroxyl groups is 1. The van der Waals surface area contributed by atoms with E-state index in [-0.39, 0.29) is 12.1 Å². The van der Waals surface area contributed by atoms with Crippen molar-refractivity contribution in [2.24, 2.45) is 0 Å². The van der Waals surface area contributed by atoms with Crippen molar-refractivity contribution in [2.75, 3.05) is 0 Å². The number of benzene rings is 2. The van der Waals surface area contributed by atoms with Crippen molar-refractivity contribution in [3.63, 3.8) is 0 Å². The highest BCUT2D eigenvalue weighted by Gasteiger charge is 2.40. The topological polar surface area (TPSA) is 104 Å². The number of halogens is 2. The zero-order valence-electron chi connectivity index (χ0n) is 19.1. The molecule has 3 heterocycles. The van der Waals surface area contributed by atoms with Gasteiger partial charge in [0.1, 0.15) is 42.5 Å². The van der Waals surface area contributed by atoms with Gasteiger partial charge in [-0.1, -0.05) is 18.2 Å². The van der Waals surface area contributed by atoms with Gasteiger partial charge < -0.3 is 9.67 Å². The predicted molar refractivity (Wildman–Crippen MR) is 126 cm³/mol. The third-order valence-electron chi connectivity index (χ3n) is 6.21. The average Bonchev–Trinajstić information content (AvgIpc) is 3.58. The molecule has 11 heteroatoms. The molecule has 0 fully saturated rings. The lowest BCUT2D eigenvalue weighted by Gasteiger charge is -2.35. The molecular formula is C25H21F2N7O2. The average molecular weight is 489 g/mol. The summed E-state index contributed by atoms with van der Waals surface area (Å²) in [7, 11) is 0. The van der Waals surface area contributed by atoms with E-state index in [1.807, 2.05) is 24.3 Å². The highest BCUT2D eigenvalue weighted by atomic mass is 19.1. The summed E-state index contributed by atoms with van der Waals surface area (Å²) < 4.78 is 32.7. The third kappa shape index (κ3) is 4.31. The number of rotatable bonds is 7. The maximum Gasteiger partial charge on any atom is 0.251 e. The molecule has 3 aromatic heterocycles. The van der Waals surface area contributed by atoms with Gasteiger partial charge in [-0.05, 0) is 42.3 Å². The Kier molecular flexibility index (Phi) is 5.98. The lowest BCUT2D eigenvalue weighted by Crippen LogP contribution is -2.43. The van der Waals surface area contributed by atoms with E-state index in [2.05, 4.69) is 20.2 Å². The molecule has 0 spiro atoms. The van der Waals surface area contributed by atoms with E-state index in [1.54, 1.807) is 30.2 Å². The van der Waals surface area contributed by atoms with Crippen LogP contribution in [0.2, 0.25) is 0 Å². The molecule has 0 aliphatic carbocycles. The van der Waals surface area contributed by atoms with Crippen LogP contribution in [0.4, 0.5) is 8.78 Å². The Balaban J connectivity index is 1.50. The van der Waals surface area contributed by atoms with Crippen molar-refractivity contribution >= 4 is 0 Å². The van der Waals surface area contributed by atoms with E-state index in [0.29, 0.717) is 11.6 Å². The van der Waals surface area contributed by atoms with Gasteiger partial charge in [0.25, 0.3) is 5.56 Å². The van der Waals surface area contributed by atoms with Crippen LogP contribution in [-0.4, -0.2) is 39.2 Å². The number of hydrogen-bond acceptors (Lipinski definition) is 6. The maximum atomic E-state index is 14.8. The van der Waals surface area contributed by atoms with Crippen LogP contribution in [0, 0.1) is 11.6 Å². The van der Waals surface area contributed by atoms with Crippen LogP contribution in [-0.2, 0) is 12.1 Å². The first kappa shape index (κ1) is 23.2. The monoisotopic (exact) mass is 489 g/mol. The lowest BCUT2D eigenvalue weighted by atomic mass is 9.86. The van der Waals surface area contributed by atoms with Crippen LogP contribution in [0.1, 0.15) is 18.5 Å². The van der Waals surface area contributed by atoms with E-state index in [1.165, 1.54) is 40.4 Å². The minimum absolute atomic E-state index is 0.161. The Morgan fingerprint density at radius 2 is 1.69 bits per heavy atom. The van der Waals surface area contributed by atoms with Crippen molar-refractivity contribution in [1.29, 1.82) is 0 Å². The number of hydrogen-bond donors (Lipinski definition) is 1. The summed E-state index contributed by atoms with van der Waals surface area (Å²) in [5.41, 5.74) is -0.222. The molecule has 182 valence electrons. The van der Waals surface area contributed by atoms with Crippen molar-refractivity contribution in [3.05, 3.63) is 114 Å². The zero-order valence-corrected chi connectivity index (χ0v) is 19.1. The predicted octanol–water partition coefficient (Wildman–Crippen LogP) is 3.11. The fourth-order valence-corrected chi connectivity index (χ4v) is 4.21. The SMILES string of the molecule is C[C@@H](n1ccc(-c2ccc(-n3cncn3)cc2)cc1=O)[C@](O)(Cn1cncn1)c1ccc(F)cc1F. The van der Waals surface area contributed by atoms with Crippen LogP contribution in [0.15, 0.2) is 90.9 Å². The van der Waals surface area contributed by atoms with Crippen LogP contribution in [0.5, 0.6) is 0 Å². The van der Waals surface area contributed by atoms with E-state index < -0.39 is 28.8 Å². The van der Waals surface area contributed by atoms with Gasteiger partial charge in [0, 0.05) is 23.9 Å². The summed E-state index contributed by atoms with van der Waals surface area (Å²) in [6.07, 6.45) is 7.22. The van der Waals surface area contributed by atoms with E-state index in [4.69, 9.17) is 0 Å². The molecule has 2 aromatic carbocycles. The smallest absolute Gasteiger partial charge is 0.251 e. The minimum Gasteiger partial charge on any atom is -0.381 e. The van der Waals surface area contributed by atoms with Crippen LogP contribution >= 0.6 is 0 Å². The molecule has 9 nitrogen and oxygen atoms in total. The molecule has 2 atom stereocenters. The standard InChI is InChI=1S/C25H21F2N7O2/c1-17(25(36,12-32-15-28-13-30-32)22-7-4-20(26)11-23(22)27)33-9-8-19(10-24(33)35)18-2-5-21(6-3-18)34-16-29-14-31-34/h2-11,13-17,36H,12H2,1H3/t17-,25-/m1/s1. The van der Waals surface area contributed by atoms with Gasteiger partial charge in [0.05, 0.1) is 18.3 Å². The Bertz CT molecular complexity index is 1530. The largest absolute Gasteiger partial charge is 0.381 e. The Labute approximate surface area is 203 Å². The van der Waals surface area contributed by atoms with Crippen LogP contribution < -0.4 is 5.56 Å². The highest BCUT2D eigenvalue weighted by molar-refractivity contribution is 5.64. The van der Waals surface area contributed by atoms with E-state index in [9.17, 15) is 18.7 Å².